The molecule has 3 rings (SSSR count). The van der Waals surface area contributed by atoms with E-state index in [9.17, 15) is 18.0 Å². The van der Waals surface area contributed by atoms with E-state index in [1.807, 2.05) is 6.07 Å². The first-order valence-corrected chi connectivity index (χ1v) is 12.4. The summed E-state index contributed by atoms with van der Waals surface area (Å²) in [7, 11) is -1.82. The Morgan fingerprint density at radius 3 is 2.47 bits per heavy atom. The predicted molar refractivity (Wildman–Crippen MR) is 124 cm³/mol. The molecule has 0 bridgehead atoms. The van der Waals surface area contributed by atoms with Gasteiger partial charge in [0, 0.05) is 18.3 Å². The molecule has 0 unspecified atom stereocenters. The number of benzene rings is 2. The average Bonchev–Trinajstić information content (AvgIpc) is 3.09. The number of hydrogen-bond donors (Lipinski definition) is 1. The van der Waals surface area contributed by atoms with Gasteiger partial charge in [0.15, 0.2) is 16.8 Å². The lowest BCUT2D eigenvalue weighted by Gasteiger charge is -2.21. The van der Waals surface area contributed by atoms with Crippen LogP contribution >= 0.6 is 11.8 Å². The molecule has 0 aliphatic rings. The van der Waals surface area contributed by atoms with Crippen LogP contribution < -0.4 is 9.62 Å². The lowest BCUT2D eigenvalue weighted by Crippen LogP contribution is -2.30. The molecule has 2 aromatic carbocycles. The molecule has 1 amide bonds. The van der Waals surface area contributed by atoms with Crippen LogP contribution in [0.5, 0.6) is 0 Å². The van der Waals surface area contributed by atoms with Gasteiger partial charge in [0.2, 0.25) is 15.9 Å². The van der Waals surface area contributed by atoms with Crippen LogP contribution in [0.2, 0.25) is 0 Å². The molecule has 0 fully saturated rings. The highest BCUT2D eigenvalue weighted by Gasteiger charge is 2.21. The third kappa shape index (κ3) is 5.95. The van der Waals surface area contributed by atoms with E-state index in [-0.39, 0.29) is 24.0 Å². The van der Waals surface area contributed by atoms with Crippen molar-refractivity contribution in [1.82, 2.24) is 14.8 Å². The molecule has 9 nitrogen and oxygen atoms in total. The van der Waals surface area contributed by atoms with Crippen LogP contribution in [0.1, 0.15) is 23.1 Å². The van der Waals surface area contributed by atoms with E-state index in [4.69, 9.17) is 0 Å². The fourth-order valence-corrected chi connectivity index (χ4v) is 4.46. The zero-order valence-corrected chi connectivity index (χ0v) is 19.5. The summed E-state index contributed by atoms with van der Waals surface area (Å²) in [6, 6.07) is 15.5. The van der Waals surface area contributed by atoms with E-state index in [1.165, 1.54) is 23.0 Å². The molecule has 1 N–H and O–H groups in total. The molecule has 32 heavy (non-hydrogen) atoms. The third-order valence-electron chi connectivity index (χ3n) is 4.54. The number of anilines is 2. The smallest absolute Gasteiger partial charge is 0.234 e. The second-order valence-electron chi connectivity index (χ2n) is 7.04. The van der Waals surface area contributed by atoms with Crippen molar-refractivity contribution in [2.75, 3.05) is 21.6 Å². The van der Waals surface area contributed by atoms with Gasteiger partial charge in [-0.2, -0.15) is 0 Å². The molecular formula is C21H23N5O4S2. The van der Waals surface area contributed by atoms with Crippen molar-refractivity contribution in [3.63, 3.8) is 0 Å². The van der Waals surface area contributed by atoms with Gasteiger partial charge in [0.05, 0.1) is 24.2 Å². The molecule has 0 aliphatic heterocycles. The summed E-state index contributed by atoms with van der Waals surface area (Å²) in [5, 5.41) is 11.4. The molecule has 0 atom stereocenters. The highest BCUT2D eigenvalue weighted by molar-refractivity contribution is 7.99. The molecule has 1 aromatic heterocycles. The SMILES string of the molecule is CC(=O)c1cccc(NC(=O)CSc2nnc(CN(c3ccccc3)S(C)(=O)=O)n2C)c1. The Kier molecular flexibility index (Phi) is 7.31. The number of amides is 1. The first-order valence-electron chi connectivity index (χ1n) is 9.60. The molecule has 1 heterocycles. The maximum Gasteiger partial charge on any atom is 0.234 e. The Hall–Kier alpha value is -3.18. The second kappa shape index (κ2) is 9.96. The van der Waals surface area contributed by atoms with Gasteiger partial charge in [0.25, 0.3) is 0 Å². The number of Topliss-reactive ketones (excluding diaryl/α,β-unsaturated/α-hetero) is 1. The third-order valence-corrected chi connectivity index (χ3v) is 6.70. The number of para-hydroxylation sites is 1. The number of sulfonamides is 1. The molecule has 11 heteroatoms. The summed E-state index contributed by atoms with van der Waals surface area (Å²) in [4.78, 5) is 23.8. The quantitative estimate of drug-likeness (QED) is 0.375. The second-order valence-corrected chi connectivity index (χ2v) is 9.89. The minimum atomic E-state index is -3.54. The summed E-state index contributed by atoms with van der Waals surface area (Å²) in [6.45, 7) is 1.47. The highest BCUT2D eigenvalue weighted by atomic mass is 32.2. The molecular weight excluding hydrogens is 450 g/mol. The fraction of sp³-hybridized carbons (Fsp3) is 0.238. The summed E-state index contributed by atoms with van der Waals surface area (Å²) < 4.78 is 27.5. The summed E-state index contributed by atoms with van der Waals surface area (Å²) >= 11 is 1.18. The van der Waals surface area contributed by atoms with Gasteiger partial charge in [-0.25, -0.2) is 8.42 Å². The Morgan fingerprint density at radius 2 is 1.81 bits per heavy atom. The van der Waals surface area contributed by atoms with Crippen LogP contribution in [-0.4, -0.2) is 46.9 Å². The van der Waals surface area contributed by atoms with Gasteiger partial charge >= 0.3 is 0 Å². The highest BCUT2D eigenvalue weighted by Crippen LogP contribution is 2.22. The predicted octanol–water partition coefficient (Wildman–Crippen LogP) is 2.71. The number of carbonyl (C=O) groups is 2. The topological polar surface area (TPSA) is 114 Å². The van der Waals surface area contributed by atoms with E-state index in [0.29, 0.717) is 27.9 Å². The fourth-order valence-electron chi connectivity index (χ4n) is 2.87. The van der Waals surface area contributed by atoms with Crippen LogP contribution in [0, 0.1) is 0 Å². The van der Waals surface area contributed by atoms with Crippen molar-refractivity contribution < 1.29 is 18.0 Å². The monoisotopic (exact) mass is 473 g/mol. The number of aromatic nitrogens is 3. The van der Waals surface area contributed by atoms with Gasteiger partial charge in [-0.15, -0.1) is 10.2 Å². The molecule has 3 aromatic rings. The van der Waals surface area contributed by atoms with Gasteiger partial charge < -0.3 is 9.88 Å². The molecule has 0 radical (unpaired) electrons. The van der Waals surface area contributed by atoms with Crippen molar-refractivity contribution in [2.45, 2.75) is 18.6 Å². The number of nitrogens with zero attached hydrogens (tertiary/aromatic N) is 4. The van der Waals surface area contributed by atoms with Crippen molar-refractivity contribution in [1.29, 1.82) is 0 Å². The minimum absolute atomic E-state index is 0.0109. The van der Waals surface area contributed by atoms with Crippen LogP contribution in [0.25, 0.3) is 0 Å². The molecule has 168 valence electrons. The zero-order valence-electron chi connectivity index (χ0n) is 17.8. The van der Waals surface area contributed by atoms with Gasteiger partial charge in [-0.1, -0.05) is 42.1 Å². The lowest BCUT2D eigenvalue weighted by atomic mass is 10.1. The Morgan fingerprint density at radius 1 is 1.09 bits per heavy atom. The maximum atomic E-state index is 12.3. The molecule has 0 aliphatic carbocycles. The number of carbonyl (C=O) groups excluding carboxylic acids is 2. The van der Waals surface area contributed by atoms with Crippen LogP contribution in [0.15, 0.2) is 59.8 Å². The lowest BCUT2D eigenvalue weighted by molar-refractivity contribution is -0.113. The van der Waals surface area contributed by atoms with Crippen molar-refractivity contribution in [3.05, 3.63) is 66.0 Å². The molecule has 0 saturated carbocycles. The zero-order chi connectivity index (χ0) is 23.3. The summed E-state index contributed by atoms with van der Waals surface area (Å²) in [5.74, 6) is 0.171. The first kappa shape index (κ1) is 23.5. The molecule has 0 saturated heterocycles. The van der Waals surface area contributed by atoms with Crippen LogP contribution in [-0.2, 0) is 28.4 Å². The number of rotatable bonds is 9. The first-order chi connectivity index (χ1) is 15.1. The van der Waals surface area contributed by atoms with Gasteiger partial charge in [-0.3, -0.25) is 13.9 Å². The van der Waals surface area contributed by atoms with E-state index in [1.54, 1.807) is 60.1 Å². The van der Waals surface area contributed by atoms with E-state index in [0.717, 1.165) is 6.26 Å². The largest absolute Gasteiger partial charge is 0.325 e. The molecule has 0 spiro atoms. The van der Waals surface area contributed by atoms with E-state index < -0.39 is 10.0 Å². The Bertz CT molecular complexity index is 1230. The Labute approximate surface area is 190 Å². The van der Waals surface area contributed by atoms with Crippen molar-refractivity contribution in [3.8, 4) is 0 Å². The summed E-state index contributed by atoms with van der Waals surface area (Å²) in [5.41, 5.74) is 1.58. The van der Waals surface area contributed by atoms with E-state index in [2.05, 4.69) is 15.5 Å². The van der Waals surface area contributed by atoms with Gasteiger partial charge in [-0.05, 0) is 31.2 Å². The number of thioether (sulfide) groups is 1. The normalized spacial score (nSPS) is 11.2. The number of ketones is 1. The average molecular weight is 474 g/mol. The van der Waals surface area contributed by atoms with E-state index >= 15 is 0 Å². The standard InChI is InChI=1S/C21H23N5O4S2/c1-15(27)16-8-7-9-17(12-16)22-20(28)14-31-21-24-23-19(25(21)2)13-26(32(3,29)30)18-10-5-4-6-11-18/h4-12H,13-14H2,1-3H3,(H,22,28). The van der Waals surface area contributed by atoms with Crippen LogP contribution in [0.4, 0.5) is 11.4 Å². The van der Waals surface area contributed by atoms with Crippen molar-refractivity contribution in [2.24, 2.45) is 7.05 Å². The van der Waals surface area contributed by atoms with Crippen LogP contribution in [0.3, 0.4) is 0 Å². The van der Waals surface area contributed by atoms with Crippen molar-refractivity contribution >= 4 is 44.9 Å². The number of hydrogen-bond acceptors (Lipinski definition) is 7. The summed E-state index contributed by atoms with van der Waals surface area (Å²) in [6.07, 6.45) is 1.14. The number of nitrogens with one attached hydrogen (secondary N) is 1. The van der Waals surface area contributed by atoms with Gasteiger partial charge in [0.1, 0.15) is 0 Å². The minimum Gasteiger partial charge on any atom is -0.325 e. The Balaban J connectivity index is 1.66. The maximum absolute atomic E-state index is 12.3.